The van der Waals surface area contributed by atoms with Gasteiger partial charge >= 0.3 is 0 Å². The van der Waals surface area contributed by atoms with Crippen molar-refractivity contribution in [3.8, 4) is 5.75 Å². The number of nitrogens with zero attached hydrogens (tertiary/aromatic N) is 1. The van der Waals surface area contributed by atoms with E-state index in [1.165, 1.54) is 6.20 Å². The number of pyridine rings is 1. The third kappa shape index (κ3) is 4.31. The van der Waals surface area contributed by atoms with Gasteiger partial charge in [-0.3, -0.25) is 4.79 Å². The third-order valence-corrected chi connectivity index (χ3v) is 2.41. The first kappa shape index (κ1) is 12.9. The average Bonchev–Trinajstić information content (AvgIpc) is 2.43. The van der Waals surface area contributed by atoms with E-state index in [4.69, 9.17) is 10.5 Å². The van der Waals surface area contributed by atoms with Gasteiger partial charge in [0.05, 0.1) is 24.9 Å². The SMILES string of the molecule is Nc1ccc(NC(=O)CCOc2ccccc2)cn1. The highest BCUT2D eigenvalue weighted by atomic mass is 16.5. The first-order valence-electron chi connectivity index (χ1n) is 5.93. The van der Waals surface area contributed by atoms with Crippen molar-refractivity contribution in [2.75, 3.05) is 17.7 Å². The van der Waals surface area contributed by atoms with Crippen LogP contribution in [0.3, 0.4) is 0 Å². The van der Waals surface area contributed by atoms with Crippen LogP contribution >= 0.6 is 0 Å². The van der Waals surface area contributed by atoms with Crippen LogP contribution in [-0.2, 0) is 4.79 Å². The number of hydrogen-bond donors (Lipinski definition) is 2. The number of nitrogen functional groups attached to an aromatic ring is 1. The Balaban J connectivity index is 1.74. The number of amides is 1. The molecule has 0 spiro atoms. The Hall–Kier alpha value is -2.56. The van der Waals surface area contributed by atoms with Gasteiger partial charge in [-0.05, 0) is 24.3 Å². The second-order valence-electron chi connectivity index (χ2n) is 3.93. The molecule has 0 atom stereocenters. The third-order valence-electron chi connectivity index (χ3n) is 2.41. The topological polar surface area (TPSA) is 77.2 Å². The second kappa shape index (κ2) is 6.39. The van der Waals surface area contributed by atoms with Crippen LogP contribution in [0.25, 0.3) is 0 Å². The molecule has 1 aromatic carbocycles. The van der Waals surface area contributed by atoms with Crippen LogP contribution < -0.4 is 15.8 Å². The quantitative estimate of drug-likeness (QED) is 0.859. The molecule has 5 nitrogen and oxygen atoms in total. The zero-order valence-electron chi connectivity index (χ0n) is 10.4. The molecule has 5 heteroatoms. The van der Waals surface area contributed by atoms with Crippen molar-refractivity contribution in [2.45, 2.75) is 6.42 Å². The molecule has 19 heavy (non-hydrogen) atoms. The first-order chi connectivity index (χ1) is 9.24. The zero-order chi connectivity index (χ0) is 13.5. The average molecular weight is 257 g/mol. The summed E-state index contributed by atoms with van der Waals surface area (Å²) in [6.45, 7) is 0.332. The van der Waals surface area contributed by atoms with Crippen molar-refractivity contribution >= 4 is 17.4 Å². The van der Waals surface area contributed by atoms with Gasteiger partial charge in [-0.25, -0.2) is 4.98 Å². The predicted molar refractivity (Wildman–Crippen MR) is 73.8 cm³/mol. The van der Waals surface area contributed by atoms with E-state index in [0.717, 1.165) is 5.75 Å². The molecular formula is C14H15N3O2. The molecule has 2 aromatic rings. The Morgan fingerprint density at radius 3 is 2.68 bits per heavy atom. The van der Waals surface area contributed by atoms with Crippen LogP contribution in [0.1, 0.15) is 6.42 Å². The molecule has 1 heterocycles. The molecule has 0 aliphatic heterocycles. The summed E-state index contributed by atoms with van der Waals surface area (Å²) in [7, 11) is 0. The number of nitrogens with two attached hydrogens (primary N) is 1. The number of rotatable bonds is 5. The maximum absolute atomic E-state index is 11.6. The summed E-state index contributed by atoms with van der Waals surface area (Å²) < 4.78 is 5.44. The molecule has 0 unspecified atom stereocenters. The number of nitrogens with one attached hydrogen (secondary N) is 1. The van der Waals surface area contributed by atoms with Crippen molar-refractivity contribution in [2.24, 2.45) is 0 Å². The van der Waals surface area contributed by atoms with Crippen molar-refractivity contribution in [1.82, 2.24) is 4.98 Å². The maximum atomic E-state index is 11.6. The Morgan fingerprint density at radius 2 is 2.00 bits per heavy atom. The molecule has 0 saturated carbocycles. The zero-order valence-corrected chi connectivity index (χ0v) is 10.4. The number of aromatic nitrogens is 1. The highest BCUT2D eigenvalue weighted by Crippen LogP contribution is 2.10. The van der Waals surface area contributed by atoms with Crippen molar-refractivity contribution in [1.29, 1.82) is 0 Å². The fraction of sp³-hybridized carbons (Fsp3) is 0.143. The number of benzene rings is 1. The van der Waals surface area contributed by atoms with Gasteiger partial charge in [-0.15, -0.1) is 0 Å². The Morgan fingerprint density at radius 1 is 1.21 bits per heavy atom. The van der Waals surface area contributed by atoms with E-state index in [9.17, 15) is 4.79 Å². The Kier molecular flexibility index (Phi) is 4.34. The number of carbonyl (C=O) groups excluding carboxylic acids is 1. The normalized spacial score (nSPS) is 9.89. The predicted octanol–water partition coefficient (Wildman–Crippen LogP) is 2.07. The van der Waals surface area contributed by atoms with Crippen LogP contribution in [-0.4, -0.2) is 17.5 Å². The lowest BCUT2D eigenvalue weighted by Gasteiger charge is -2.07. The van der Waals surface area contributed by atoms with Crippen molar-refractivity contribution in [3.63, 3.8) is 0 Å². The Bertz CT molecular complexity index is 526. The molecule has 0 saturated heterocycles. The van der Waals surface area contributed by atoms with E-state index >= 15 is 0 Å². The van der Waals surface area contributed by atoms with Crippen LogP contribution in [0.15, 0.2) is 48.7 Å². The number of ether oxygens (including phenoxy) is 1. The van der Waals surface area contributed by atoms with Gasteiger partial charge in [-0.2, -0.15) is 0 Å². The fourth-order valence-corrected chi connectivity index (χ4v) is 1.48. The summed E-state index contributed by atoms with van der Waals surface area (Å²) in [4.78, 5) is 15.5. The number of anilines is 2. The van der Waals surface area contributed by atoms with Gasteiger partial charge in [0.2, 0.25) is 5.91 Å². The van der Waals surface area contributed by atoms with Crippen LogP contribution in [0.5, 0.6) is 5.75 Å². The number of carbonyl (C=O) groups is 1. The highest BCUT2D eigenvalue weighted by molar-refractivity contribution is 5.90. The summed E-state index contributed by atoms with van der Waals surface area (Å²) in [6, 6.07) is 12.7. The van der Waals surface area contributed by atoms with E-state index in [1.54, 1.807) is 12.1 Å². The van der Waals surface area contributed by atoms with Crippen LogP contribution in [0, 0.1) is 0 Å². The van der Waals surface area contributed by atoms with E-state index in [1.807, 2.05) is 30.3 Å². The molecule has 1 aromatic heterocycles. The summed E-state index contributed by atoms with van der Waals surface area (Å²) in [5, 5.41) is 2.72. The van der Waals surface area contributed by atoms with E-state index < -0.39 is 0 Å². The van der Waals surface area contributed by atoms with E-state index in [-0.39, 0.29) is 12.3 Å². The van der Waals surface area contributed by atoms with Gasteiger partial charge in [0.15, 0.2) is 0 Å². The van der Waals surface area contributed by atoms with Gasteiger partial charge in [-0.1, -0.05) is 18.2 Å². The fourth-order valence-electron chi connectivity index (χ4n) is 1.48. The molecular weight excluding hydrogens is 242 g/mol. The van der Waals surface area contributed by atoms with Crippen LogP contribution in [0.2, 0.25) is 0 Å². The monoisotopic (exact) mass is 257 g/mol. The van der Waals surface area contributed by atoms with Crippen molar-refractivity contribution < 1.29 is 9.53 Å². The Labute approximate surface area is 111 Å². The van der Waals surface area contributed by atoms with Crippen LogP contribution in [0.4, 0.5) is 11.5 Å². The molecule has 1 amide bonds. The van der Waals surface area contributed by atoms with Gasteiger partial charge in [0.25, 0.3) is 0 Å². The number of para-hydroxylation sites is 1. The summed E-state index contributed by atoms with van der Waals surface area (Å²) in [5.41, 5.74) is 6.08. The largest absolute Gasteiger partial charge is 0.493 e. The smallest absolute Gasteiger partial charge is 0.227 e. The number of hydrogen-bond acceptors (Lipinski definition) is 4. The minimum atomic E-state index is -0.123. The molecule has 2 rings (SSSR count). The standard InChI is InChI=1S/C14H15N3O2/c15-13-7-6-11(10-16-13)17-14(18)8-9-19-12-4-2-1-3-5-12/h1-7,10H,8-9H2,(H2,15,16)(H,17,18). The molecule has 0 bridgehead atoms. The summed E-state index contributed by atoms with van der Waals surface area (Å²) in [5.74, 6) is 1.05. The van der Waals surface area contributed by atoms with E-state index in [0.29, 0.717) is 18.1 Å². The lowest BCUT2D eigenvalue weighted by Crippen LogP contribution is -2.15. The summed E-state index contributed by atoms with van der Waals surface area (Å²) in [6.07, 6.45) is 1.80. The molecule has 0 aliphatic rings. The highest BCUT2D eigenvalue weighted by Gasteiger charge is 2.03. The maximum Gasteiger partial charge on any atom is 0.227 e. The van der Waals surface area contributed by atoms with Gasteiger partial charge in [0, 0.05) is 0 Å². The van der Waals surface area contributed by atoms with Gasteiger partial charge < -0.3 is 15.8 Å². The first-order valence-corrected chi connectivity index (χ1v) is 5.93. The second-order valence-corrected chi connectivity index (χ2v) is 3.93. The lowest BCUT2D eigenvalue weighted by molar-refractivity contribution is -0.116. The molecule has 0 radical (unpaired) electrons. The minimum Gasteiger partial charge on any atom is -0.493 e. The minimum absolute atomic E-state index is 0.123. The molecule has 98 valence electrons. The lowest BCUT2D eigenvalue weighted by atomic mass is 10.3. The summed E-state index contributed by atoms with van der Waals surface area (Å²) >= 11 is 0. The van der Waals surface area contributed by atoms with Crippen molar-refractivity contribution in [3.05, 3.63) is 48.7 Å². The molecule has 0 fully saturated rings. The molecule has 3 N–H and O–H groups in total. The molecule has 0 aliphatic carbocycles. The van der Waals surface area contributed by atoms with Gasteiger partial charge in [0.1, 0.15) is 11.6 Å². The van der Waals surface area contributed by atoms with E-state index in [2.05, 4.69) is 10.3 Å².